The molecule has 1 amide bonds. The fourth-order valence-corrected chi connectivity index (χ4v) is 2.21. The maximum atomic E-state index is 11.9. The molecule has 2 N–H and O–H groups in total. The molecule has 0 saturated heterocycles. The monoisotopic (exact) mass is 305 g/mol. The van der Waals surface area contributed by atoms with Gasteiger partial charge in [-0.15, -0.1) is 0 Å². The minimum absolute atomic E-state index is 0.140. The summed E-state index contributed by atoms with van der Waals surface area (Å²) < 4.78 is 6.31. The van der Waals surface area contributed by atoms with Crippen molar-refractivity contribution in [3.05, 3.63) is 45.1 Å². The van der Waals surface area contributed by atoms with Crippen molar-refractivity contribution in [1.82, 2.24) is 14.9 Å². The van der Waals surface area contributed by atoms with Gasteiger partial charge in [-0.2, -0.15) is 0 Å². The van der Waals surface area contributed by atoms with Crippen LogP contribution in [0.3, 0.4) is 0 Å². The van der Waals surface area contributed by atoms with Gasteiger partial charge in [-0.3, -0.25) is 19.1 Å². The highest BCUT2D eigenvalue weighted by atomic mass is 16.5. The van der Waals surface area contributed by atoms with Crippen LogP contribution in [0, 0.1) is 0 Å². The first kappa shape index (κ1) is 16.0. The highest BCUT2D eigenvalue weighted by Crippen LogP contribution is 2.06. The third-order valence-electron chi connectivity index (χ3n) is 3.31. The molecule has 0 radical (unpaired) electrons. The molecular formula is C15H19N3O4. The molecule has 0 aliphatic heterocycles. The van der Waals surface area contributed by atoms with E-state index in [2.05, 4.69) is 10.3 Å². The van der Waals surface area contributed by atoms with Crippen LogP contribution in [0.25, 0.3) is 10.9 Å². The number of aryl methyl sites for hydroxylation is 1. The van der Waals surface area contributed by atoms with Gasteiger partial charge in [-0.05, 0) is 18.6 Å². The van der Waals surface area contributed by atoms with E-state index in [4.69, 9.17) is 4.74 Å². The first-order chi connectivity index (χ1) is 10.6. The molecule has 118 valence electrons. The number of rotatable bonds is 7. The topological polar surface area (TPSA) is 93.2 Å². The predicted molar refractivity (Wildman–Crippen MR) is 82.9 cm³/mol. The van der Waals surface area contributed by atoms with Crippen molar-refractivity contribution in [3.8, 4) is 0 Å². The van der Waals surface area contributed by atoms with E-state index < -0.39 is 11.2 Å². The van der Waals surface area contributed by atoms with Gasteiger partial charge in [0.1, 0.15) is 0 Å². The number of aromatic amines is 1. The number of carbonyl (C=O) groups excluding carboxylic acids is 1. The standard InChI is InChI=1S/C15H19N3O4/c1-22-10-4-8-16-13(19)7-9-18-12-6-3-2-5-11(12)14(20)17-15(18)21/h2-3,5-6H,4,7-10H2,1H3,(H,16,19)(H,17,20,21). The number of aromatic nitrogens is 2. The molecule has 2 rings (SSSR count). The number of H-pyrrole nitrogens is 1. The van der Waals surface area contributed by atoms with Crippen molar-refractivity contribution in [2.75, 3.05) is 20.3 Å². The summed E-state index contributed by atoms with van der Waals surface area (Å²) >= 11 is 0. The molecule has 22 heavy (non-hydrogen) atoms. The Morgan fingerprint density at radius 1 is 1.32 bits per heavy atom. The minimum Gasteiger partial charge on any atom is -0.385 e. The second-order valence-electron chi connectivity index (χ2n) is 4.87. The number of benzene rings is 1. The van der Waals surface area contributed by atoms with Crippen LogP contribution in [0.2, 0.25) is 0 Å². The summed E-state index contributed by atoms with van der Waals surface area (Å²) in [6.07, 6.45) is 0.909. The number of amides is 1. The van der Waals surface area contributed by atoms with E-state index in [1.165, 1.54) is 4.57 Å². The fraction of sp³-hybridized carbons (Fsp3) is 0.400. The smallest absolute Gasteiger partial charge is 0.328 e. The lowest BCUT2D eigenvalue weighted by Crippen LogP contribution is -2.32. The van der Waals surface area contributed by atoms with E-state index in [0.29, 0.717) is 24.1 Å². The van der Waals surface area contributed by atoms with Crippen LogP contribution in [0.5, 0.6) is 0 Å². The predicted octanol–water partition coefficient (Wildman–Crippen LogP) is 0.233. The molecule has 0 aliphatic rings. The van der Waals surface area contributed by atoms with Gasteiger partial charge < -0.3 is 10.1 Å². The van der Waals surface area contributed by atoms with E-state index in [1.54, 1.807) is 31.4 Å². The van der Waals surface area contributed by atoms with Crippen LogP contribution in [-0.2, 0) is 16.1 Å². The number of hydrogen-bond acceptors (Lipinski definition) is 4. The second-order valence-corrected chi connectivity index (χ2v) is 4.87. The number of fused-ring (bicyclic) bond motifs is 1. The Hall–Kier alpha value is -2.41. The summed E-state index contributed by atoms with van der Waals surface area (Å²) in [7, 11) is 1.61. The number of ether oxygens (including phenoxy) is 1. The highest BCUT2D eigenvalue weighted by molar-refractivity contribution is 5.78. The van der Waals surface area contributed by atoms with Gasteiger partial charge in [0, 0.05) is 33.2 Å². The normalized spacial score (nSPS) is 10.8. The Morgan fingerprint density at radius 3 is 2.86 bits per heavy atom. The summed E-state index contributed by atoms with van der Waals surface area (Å²) in [6, 6.07) is 6.83. The lowest BCUT2D eigenvalue weighted by Gasteiger charge is -2.09. The third kappa shape index (κ3) is 3.82. The van der Waals surface area contributed by atoms with Crippen LogP contribution < -0.4 is 16.6 Å². The van der Waals surface area contributed by atoms with Gasteiger partial charge in [0.25, 0.3) is 5.56 Å². The molecule has 0 unspecified atom stereocenters. The summed E-state index contributed by atoms with van der Waals surface area (Å²) in [6.45, 7) is 1.34. The Morgan fingerprint density at radius 2 is 2.09 bits per heavy atom. The first-order valence-corrected chi connectivity index (χ1v) is 7.11. The minimum atomic E-state index is -0.504. The molecule has 0 spiro atoms. The van der Waals surface area contributed by atoms with Crippen molar-refractivity contribution >= 4 is 16.8 Å². The molecule has 0 saturated carbocycles. The molecule has 7 nitrogen and oxygen atoms in total. The molecule has 1 heterocycles. The van der Waals surface area contributed by atoms with Gasteiger partial charge in [0.2, 0.25) is 5.91 Å². The molecule has 0 bridgehead atoms. The van der Waals surface area contributed by atoms with Crippen molar-refractivity contribution in [2.24, 2.45) is 0 Å². The molecule has 1 aromatic heterocycles. The molecule has 0 atom stereocenters. The Balaban J connectivity index is 2.07. The van der Waals surface area contributed by atoms with Crippen molar-refractivity contribution in [2.45, 2.75) is 19.4 Å². The molecule has 2 aromatic rings. The van der Waals surface area contributed by atoms with Gasteiger partial charge in [0.05, 0.1) is 10.9 Å². The lowest BCUT2D eigenvalue weighted by atomic mass is 10.2. The van der Waals surface area contributed by atoms with Gasteiger partial charge in [0.15, 0.2) is 0 Å². The van der Waals surface area contributed by atoms with Crippen LogP contribution in [-0.4, -0.2) is 35.7 Å². The van der Waals surface area contributed by atoms with Crippen molar-refractivity contribution in [1.29, 1.82) is 0 Å². The lowest BCUT2D eigenvalue weighted by molar-refractivity contribution is -0.121. The maximum absolute atomic E-state index is 11.9. The summed E-state index contributed by atoms with van der Waals surface area (Å²) in [5.74, 6) is -0.140. The van der Waals surface area contributed by atoms with Crippen LogP contribution in [0.1, 0.15) is 12.8 Å². The SMILES string of the molecule is COCCCNC(=O)CCn1c(=O)[nH]c(=O)c2ccccc21. The summed E-state index contributed by atoms with van der Waals surface area (Å²) in [4.78, 5) is 37.7. The van der Waals surface area contributed by atoms with E-state index in [1.807, 2.05) is 0 Å². The number of nitrogens with one attached hydrogen (secondary N) is 2. The largest absolute Gasteiger partial charge is 0.385 e. The second kappa shape index (κ2) is 7.56. The zero-order chi connectivity index (χ0) is 15.9. The number of para-hydroxylation sites is 1. The number of methoxy groups -OCH3 is 1. The Bertz CT molecular complexity index is 763. The summed E-state index contributed by atoms with van der Waals surface area (Å²) in [5, 5.41) is 3.19. The van der Waals surface area contributed by atoms with Crippen molar-refractivity contribution < 1.29 is 9.53 Å². The van der Waals surface area contributed by atoms with E-state index in [-0.39, 0.29) is 18.9 Å². The van der Waals surface area contributed by atoms with Gasteiger partial charge in [-0.1, -0.05) is 12.1 Å². The quantitative estimate of drug-likeness (QED) is 0.716. The first-order valence-electron chi connectivity index (χ1n) is 7.11. The molecular weight excluding hydrogens is 286 g/mol. The molecule has 0 aliphatic carbocycles. The van der Waals surface area contributed by atoms with E-state index in [9.17, 15) is 14.4 Å². The number of carbonyl (C=O) groups is 1. The van der Waals surface area contributed by atoms with Gasteiger partial charge >= 0.3 is 5.69 Å². The number of nitrogens with zero attached hydrogens (tertiary/aromatic N) is 1. The maximum Gasteiger partial charge on any atom is 0.328 e. The van der Waals surface area contributed by atoms with Crippen LogP contribution in [0.4, 0.5) is 0 Å². The molecule has 1 aromatic carbocycles. The fourth-order valence-electron chi connectivity index (χ4n) is 2.21. The highest BCUT2D eigenvalue weighted by Gasteiger charge is 2.08. The van der Waals surface area contributed by atoms with Gasteiger partial charge in [-0.25, -0.2) is 4.79 Å². The summed E-state index contributed by atoms with van der Waals surface area (Å²) in [5.41, 5.74) is -0.389. The van der Waals surface area contributed by atoms with Crippen LogP contribution in [0.15, 0.2) is 33.9 Å². The number of hydrogen-bond donors (Lipinski definition) is 2. The molecule has 7 heteroatoms. The average molecular weight is 305 g/mol. The molecule has 0 fully saturated rings. The van der Waals surface area contributed by atoms with Crippen molar-refractivity contribution in [3.63, 3.8) is 0 Å². The van der Waals surface area contributed by atoms with Crippen LogP contribution >= 0.6 is 0 Å². The zero-order valence-electron chi connectivity index (χ0n) is 12.4. The van der Waals surface area contributed by atoms with E-state index in [0.717, 1.165) is 6.42 Å². The Labute approximate surface area is 126 Å². The van der Waals surface area contributed by atoms with E-state index >= 15 is 0 Å². The average Bonchev–Trinajstić information content (AvgIpc) is 2.51. The third-order valence-corrected chi connectivity index (χ3v) is 3.31. The Kier molecular flexibility index (Phi) is 5.48. The zero-order valence-corrected chi connectivity index (χ0v) is 12.4.